The van der Waals surface area contributed by atoms with Gasteiger partial charge in [0.1, 0.15) is 6.54 Å². The Balaban J connectivity index is 1.31. The molecule has 0 unspecified atom stereocenters. The molecule has 6 atom stereocenters. The molecule has 0 spiro atoms. The van der Waals surface area contributed by atoms with Gasteiger partial charge in [0.2, 0.25) is 11.8 Å². The summed E-state index contributed by atoms with van der Waals surface area (Å²) in [6, 6.07) is 5.25. The SMILES string of the molecule is O=C(COC(=O)CN1C(=O)[C@@H]2[C@H]3C[C@@H]([C@@H](Cl)[C@H]3Cl)[C@H]2C1=O)Nc1cccc([N+](=O)[O-])c1. The summed E-state index contributed by atoms with van der Waals surface area (Å²) in [4.78, 5) is 60.5. The molecule has 31 heavy (non-hydrogen) atoms. The zero-order chi connectivity index (χ0) is 22.4. The summed E-state index contributed by atoms with van der Waals surface area (Å²) in [6.45, 7) is -1.28. The van der Waals surface area contributed by atoms with Crippen molar-refractivity contribution in [2.45, 2.75) is 17.2 Å². The Labute approximate surface area is 185 Å². The number of non-ortho nitro benzene ring substituents is 1. The Kier molecular flexibility index (Phi) is 5.61. The second-order valence-corrected chi connectivity index (χ2v) is 8.79. The van der Waals surface area contributed by atoms with Gasteiger partial charge in [-0.1, -0.05) is 6.07 Å². The molecule has 1 aromatic rings. The number of esters is 1. The molecule has 0 radical (unpaired) electrons. The highest BCUT2D eigenvalue weighted by Crippen LogP contribution is 2.59. The number of nitro groups is 1. The van der Waals surface area contributed by atoms with Crippen LogP contribution in [0.25, 0.3) is 0 Å². The average molecular weight is 470 g/mol. The van der Waals surface area contributed by atoms with Gasteiger partial charge in [-0.15, -0.1) is 23.2 Å². The molecule has 1 heterocycles. The molecule has 3 amide bonds. The van der Waals surface area contributed by atoms with Crippen LogP contribution in [0.5, 0.6) is 0 Å². The normalized spacial score (nSPS) is 31.0. The Bertz CT molecular complexity index is 955. The predicted molar refractivity (Wildman–Crippen MR) is 107 cm³/mol. The van der Waals surface area contributed by atoms with E-state index >= 15 is 0 Å². The number of nitrogens with one attached hydrogen (secondary N) is 1. The Morgan fingerprint density at radius 1 is 1.16 bits per heavy atom. The number of benzene rings is 1. The topological polar surface area (TPSA) is 136 Å². The zero-order valence-corrected chi connectivity index (χ0v) is 17.4. The Morgan fingerprint density at radius 2 is 1.77 bits per heavy atom. The van der Waals surface area contributed by atoms with Crippen molar-refractivity contribution in [3.05, 3.63) is 34.4 Å². The number of ether oxygens (including phenoxy) is 1. The minimum Gasteiger partial charge on any atom is -0.454 e. The first-order chi connectivity index (χ1) is 14.7. The number of nitrogens with zero attached hydrogens (tertiary/aromatic N) is 2. The lowest BCUT2D eigenvalue weighted by Crippen LogP contribution is -2.38. The van der Waals surface area contributed by atoms with E-state index in [1.54, 1.807) is 0 Å². The van der Waals surface area contributed by atoms with E-state index in [9.17, 15) is 29.3 Å². The summed E-state index contributed by atoms with van der Waals surface area (Å²) in [5.41, 5.74) is -0.0477. The highest BCUT2D eigenvalue weighted by atomic mass is 35.5. The lowest BCUT2D eigenvalue weighted by atomic mass is 9.80. The van der Waals surface area contributed by atoms with Crippen LogP contribution in [0.1, 0.15) is 6.42 Å². The molecule has 3 aliphatic rings. The van der Waals surface area contributed by atoms with Crippen LogP contribution < -0.4 is 5.32 Å². The molecule has 2 aliphatic carbocycles. The van der Waals surface area contributed by atoms with Crippen LogP contribution in [0.15, 0.2) is 24.3 Å². The van der Waals surface area contributed by atoms with E-state index in [-0.39, 0.29) is 23.2 Å². The molecule has 12 heteroatoms. The molecule has 10 nitrogen and oxygen atoms in total. The number of alkyl halides is 2. The molecule has 1 saturated heterocycles. The van der Waals surface area contributed by atoms with Gasteiger partial charge in [0.25, 0.3) is 11.6 Å². The molecular formula is C19H17Cl2N3O7. The summed E-state index contributed by atoms with van der Waals surface area (Å²) in [7, 11) is 0. The lowest BCUT2D eigenvalue weighted by molar-refractivity contribution is -0.384. The standard InChI is InChI=1S/C19H17Cl2N3O7/c20-16-10-5-11(17(16)21)15-14(10)18(27)23(19(15)28)6-13(26)31-7-12(25)22-8-2-1-3-9(4-8)24(29)30/h1-4,10-11,14-17H,5-7H2,(H,22,25)/t10-,11-,14-,15-,16-,17+/m1/s1. The summed E-state index contributed by atoms with van der Waals surface area (Å²) < 4.78 is 4.86. The maximum Gasteiger partial charge on any atom is 0.326 e. The second-order valence-electron chi connectivity index (χ2n) is 7.78. The van der Waals surface area contributed by atoms with Gasteiger partial charge in [0, 0.05) is 17.8 Å². The molecule has 1 N–H and O–H groups in total. The average Bonchev–Trinajstić information content (AvgIpc) is 3.33. The fourth-order valence-corrected chi connectivity index (χ4v) is 5.67. The van der Waals surface area contributed by atoms with Crippen molar-refractivity contribution in [3.8, 4) is 0 Å². The first kappa shape index (κ1) is 21.5. The summed E-state index contributed by atoms with van der Waals surface area (Å²) in [5, 5.41) is 12.4. The molecule has 1 aliphatic heterocycles. The maximum atomic E-state index is 12.7. The first-order valence-electron chi connectivity index (χ1n) is 9.52. The highest BCUT2D eigenvalue weighted by molar-refractivity contribution is 6.31. The monoisotopic (exact) mass is 469 g/mol. The smallest absolute Gasteiger partial charge is 0.326 e. The molecule has 2 saturated carbocycles. The van der Waals surface area contributed by atoms with Gasteiger partial charge in [-0.3, -0.25) is 34.2 Å². The van der Waals surface area contributed by atoms with Crippen LogP contribution in [-0.2, 0) is 23.9 Å². The summed E-state index contributed by atoms with van der Waals surface area (Å²) in [5.74, 6) is -4.11. The number of halogens is 2. The van der Waals surface area contributed by atoms with Crippen LogP contribution in [0.3, 0.4) is 0 Å². The number of amides is 3. The van der Waals surface area contributed by atoms with Gasteiger partial charge >= 0.3 is 5.97 Å². The third-order valence-electron chi connectivity index (χ3n) is 6.07. The van der Waals surface area contributed by atoms with E-state index in [0.717, 1.165) is 11.0 Å². The van der Waals surface area contributed by atoms with Gasteiger partial charge in [0.15, 0.2) is 6.61 Å². The zero-order valence-electron chi connectivity index (χ0n) is 15.9. The third-order valence-corrected chi connectivity index (χ3v) is 7.39. The summed E-state index contributed by atoms with van der Waals surface area (Å²) in [6.07, 6.45) is 0.616. The predicted octanol–water partition coefficient (Wildman–Crippen LogP) is 1.54. The molecule has 3 fully saturated rings. The fourth-order valence-electron chi connectivity index (χ4n) is 4.78. The van der Waals surface area contributed by atoms with Gasteiger partial charge in [-0.25, -0.2) is 0 Å². The van der Waals surface area contributed by atoms with Crippen LogP contribution in [0.2, 0.25) is 0 Å². The molecular weight excluding hydrogens is 453 g/mol. The second kappa shape index (κ2) is 8.08. The van der Waals surface area contributed by atoms with Crippen LogP contribution >= 0.6 is 23.2 Å². The van der Waals surface area contributed by atoms with Crippen LogP contribution in [0, 0.1) is 33.8 Å². The van der Waals surface area contributed by atoms with Crippen molar-refractivity contribution in [3.63, 3.8) is 0 Å². The highest BCUT2D eigenvalue weighted by Gasteiger charge is 2.66. The third kappa shape index (κ3) is 3.74. The lowest BCUT2D eigenvalue weighted by Gasteiger charge is -2.28. The number of fused-ring (bicyclic) bond motifs is 5. The largest absolute Gasteiger partial charge is 0.454 e. The van der Waals surface area contributed by atoms with Crippen molar-refractivity contribution >= 4 is 58.3 Å². The van der Waals surface area contributed by atoms with E-state index < -0.39 is 64.4 Å². The van der Waals surface area contributed by atoms with Crippen molar-refractivity contribution in [2.24, 2.45) is 23.7 Å². The number of anilines is 1. The van der Waals surface area contributed by atoms with E-state index in [0.29, 0.717) is 6.42 Å². The number of nitro benzene ring substituents is 1. The van der Waals surface area contributed by atoms with Crippen molar-refractivity contribution < 1.29 is 28.8 Å². The van der Waals surface area contributed by atoms with Crippen molar-refractivity contribution in [1.82, 2.24) is 4.90 Å². The number of hydrogen-bond acceptors (Lipinski definition) is 7. The van der Waals surface area contributed by atoms with Crippen molar-refractivity contribution in [1.29, 1.82) is 0 Å². The Morgan fingerprint density at radius 3 is 2.35 bits per heavy atom. The summed E-state index contributed by atoms with van der Waals surface area (Å²) >= 11 is 12.6. The molecule has 1 aromatic carbocycles. The fraction of sp³-hybridized carbons (Fsp3) is 0.474. The van der Waals surface area contributed by atoms with E-state index in [4.69, 9.17) is 27.9 Å². The number of hydrogen-bond donors (Lipinski definition) is 1. The molecule has 4 rings (SSSR count). The van der Waals surface area contributed by atoms with Crippen molar-refractivity contribution in [2.75, 3.05) is 18.5 Å². The quantitative estimate of drug-likeness (QED) is 0.219. The Hall–Kier alpha value is -2.72. The number of carbonyl (C=O) groups is 4. The molecule has 0 aromatic heterocycles. The van der Waals surface area contributed by atoms with E-state index in [1.165, 1.54) is 18.2 Å². The van der Waals surface area contributed by atoms with Crippen LogP contribution in [-0.4, -0.2) is 57.4 Å². The van der Waals surface area contributed by atoms with Gasteiger partial charge in [-0.05, 0) is 24.3 Å². The number of rotatable bonds is 6. The van der Waals surface area contributed by atoms with Gasteiger partial charge in [-0.2, -0.15) is 0 Å². The van der Waals surface area contributed by atoms with E-state index in [2.05, 4.69) is 5.32 Å². The van der Waals surface area contributed by atoms with E-state index in [1.807, 2.05) is 0 Å². The first-order valence-corrected chi connectivity index (χ1v) is 10.4. The maximum absolute atomic E-state index is 12.7. The van der Waals surface area contributed by atoms with Gasteiger partial charge in [0.05, 0.1) is 27.5 Å². The number of imide groups is 1. The number of carbonyl (C=O) groups excluding carboxylic acids is 4. The molecule has 164 valence electrons. The minimum atomic E-state index is -0.923. The molecule has 2 bridgehead atoms. The van der Waals surface area contributed by atoms with Gasteiger partial charge < -0.3 is 10.1 Å². The van der Waals surface area contributed by atoms with Crippen LogP contribution in [0.4, 0.5) is 11.4 Å². The minimum absolute atomic E-state index is 0.162. The number of likely N-dealkylation sites (tertiary alicyclic amines) is 1.